The maximum atomic E-state index is 11.9. The Morgan fingerprint density at radius 2 is 1.91 bits per heavy atom. The molecule has 0 N–H and O–H groups in total. The molecule has 0 aliphatic rings. The molecule has 1 amide bonds. The lowest BCUT2D eigenvalue weighted by atomic mass is 10.2. The van der Waals surface area contributed by atoms with Crippen molar-refractivity contribution in [3.8, 4) is 0 Å². The minimum Gasteiger partial charge on any atom is -0.459 e. The number of hydrogen-bond donors (Lipinski definition) is 0. The van der Waals surface area contributed by atoms with Crippen LogP contribution in [0.1, 0.15) is 16.1 Å². The van der Waals surface area contributed by atoms with Gasteiger partial charge in [0, 0.05) is 32.7 Å². The zero-order valence-electron chi connectivity index (χ0n) is 13.5. The summed E-state index contributed by atoms with van der Waals surface area (Å²) in [6.45, 7) is 0.614. The molecule has 0 saturated heterocycles. The van der Waals surface area contributed by atoms with Gasteiger partial charge in [0.15, 0.2) is 0 Å². The molecule has 0 spiro atoms. The average molecular weight is 309 g/mol. The van der Waals surface area contributed by atoms with E-state index in [0.717, 1.165) is 22.5 Å². The van der Waals surface area contributed by atoms with Crippen molar-refractivity contribution < 1.29 is 9.21 Å². The Labute approximate surface area is 135 Å². The summed E-state index contributed by atoms with van der Waals surface area (Å²) in [6.07, 6.45) is 1.60. The largest absolute Gasteiger partial charge is 0.459 e. The molecule has 2 heterocycles. The number of hydrogen-bond acceptors (Lipinski definition) is 4. The molecule has 3 rings (SSSR count). The molecule has 5 nitrogen and oxygen atoms in total. The summed E-state index contributed by atoms with van der Waals surface area (Å²) < 4.78 is 5.82. The van der Waals surface area contributed by atoms with Crippen LogP contribution >= 0.6 is 0 Å². The zero-order valence-corrected chi connectivity index (χ0v) is 13.5. The molecular weight excluding hydrogens is 290 g/mol. The SMILES string of the molecule is CN(C)C(=O)c1ccc(N(C)Cc2cc3ccccc3o2)nc1. The molecule has 1 aromatic carbocycles. The maximum absolute atomic E-state index is 11.9. The summed E-state index contributed by atoms with van der Waals surface area (Å²) in [5, 5.41) is 1.09. The Balaban J connectivity index is 1.75. The van der Waals surface area contributed by atoms with E-state index >= 15 is 0 Å². The molecule has 0 bridgehead atoms. The van der Waals surface area contributed by atoms with Crippen molar-refractivity contribution in [1.29, 1.82) is 0 Å². The van der Waals surface area contributed by atoms with Crippen molar-refractivity contribution in [2.24, 2.45) is 0 Å². The predicted octanol–water partition coefficient (Wildman–Crippen LogP) is 3.17. The summed E-state index contributed by atoms with van der Waals surface area (Å²) >= 11 is 0. The Hall–Kier alpha value is -2.82. The summed E-state index contributed by atoms with van der Waals surface area (Å²) in [5.74, 6) is 1.62. The third-order valence-corrected chi connectivity index (χ3v) is 3.66. The van der Waals surface area contributed by atoms with Gasteiger partial charge in [-0.25, -0.2) is 4.98 Å². The lowest BCUT2D eigenvalue weighted by Crippen LogP contribution is -2.22. The average Bonchev–Trinajstić information content (AvgIpc) is 2.96. The Morgan fingerprint density at radius 1 is 1.13 bits per heavy atom. The summed E-state index contributed by atoms with van der Waals surface area (Å²) in [5.41, 5.74) is 1.46. The number of aromatic nitrogens is 1. The van der Waals surface area contributed by atoms with E-state index in [4.69, 9.17) is 4.42 Å². The van der Waals surface area contributed by atoms with Gasteiger partial charge in [-0.2, -0.15) is 0 Å². The van der Waals surface area contributed by atoms with Crippen molar-refractivity contribution in [3.05, 3.63) is 60.0 Å². The monoisotopic (exact) mass is 309 g/mol. The lowest BCUT2D eigenvalue weighted by molar-refractivity contribution is 0.0827. The van der Waals surface area contributed by atoms with Crippen LogP contribution in [-0.2, 0) is 6.54 Å². The van der Waals surface area contributed by atoms with Crippen LogP contribution in [0.3, 0.4) is 0 Å². The number of carbonyl (C=O) groups excluding carboxylic acids is 1. The predicted molar refractivity (Wildman–Crippen MR) is 90.6 cm³/mol. The standard InChI is InChI=1S/C18H19N3O2/c1-20(2)18(22)14-8-9-17(19-11-14)21(3)12-15-10-13-6-4-5-7-16(13)23-15/h4-11H,12H2,1-3H3. The van der Waals surface area contributed by atoms with Crippen LogP contribution in [0.2, 0.25) is 0 Å². The third-order valence-electron chi connectivity index (χ3n) is 3.66. The number of nitrogens with zero attached hydrogens (tertiary/aromatic N) is 3. The molecule has 0 saturated carbocycles. The maximum Gasteiger partial charge on any atom is 0.254 e. The number of rotatable bonds is 4. The fourth-order valence-electron chi connectivity index (χ4n) is 2.43. The van der Waals surface area contributed by atoms with Crippen molar-refractivity contribution in [2.75, 3.05) is 26.0 Å². The van der Waals surface area contributed by atoms with Crippen molar-refractivity contribution >= 4 is 22.7 Å². The molecular formula is C18H19N3O2. The van der Waals surface area contributed by atoms with Gasteiger partial charge in [-0.3, -0.25) is 4.79 Å². The van der Waals surface area contributed by atoms with Crippen molar-refractivity contribution in [3.63, 3.8) is 0 Å². The first-order valence-corrected chi connectivity index (χ1v) is 7.41. The number of fused-ring (bicyclic) bond motifs is 1. The highest BCUT2D eigenvalue weighted by Gasteiger charge is 2.11. The molecule has 118 valence electrons. The number of pyridine rings is 1. The van der Waals surface area contributed by atoms with Crippen LogP contribution in [0.5, 0.6) is 0 Å². The number of anilines is 1. The van der Waals surface area contributed by atoms with E-state index in [-0.39, 0.29) is 5.91 Å². The Kier molecular flexibility index (Phi) is 4.02. The van der Waals surface area contributed by atoms with Crippen LogP contribution < -0.4 is 4.90 Å². The summed E-state index contributed by atoms with van der Waals surface area (Å²) in [4.78, 5) is 19.8. The Morgan fingerprint density at radius 3 is 2.57 bits per heavy atom. The molecule has 0 unspecified atom stereocenters. The van der Waals surface area contributed by atoms with E-state index in [0.29, 0.717) is 12.1 Å². The summed E-state index contributed by atoms with van der Waals surface area (Å²) in [7, 11) is 5.40. The van der Waals surface area contributed by atoms with Gasteiger partial charge in [-0.15, -0.1) is 0 Å². The van der Waals surface area contributed by atoms with Crippen LogP contribution in [0, 0.1) is 0 Å². The normalized spacial score (nSPS) is 10.7. The number of para-hydroxylation sites is 1. The molecule has 0 aliphatic heterocycles. The highest BCUT2D eigenvalue weighted by Crippen LogP contribution is 2.21. The van der Waals surface area contributed by atoms with Crippen LogP contribution in [-0.4, -0.2) is 36.9 Å². The summed E-state index contributed by atoms with van der Waals surface area (Å²) in [6, 6.07) is 13.6. The Bertz CT molecular complexity index is 789. The van der Waals surface area contributed by atoms with Gasteiger partial charge in [0.2, 0.25) is 0 Å². The first-order valence-electron chi connectivity index (χ1n) is 7.41. The van der Waals surface area contributed by atoms with Gasteiger partial charge in [-0.1, -0.05) is 18.2 Å². The minimum absolute atomic E-state index is 0.0519. The van der Waals surface area contributed by atoms with E-state index in [9.17, 15) is 4.79 Å². The smallest absolute Gasteiger partial charge is 0.254 e. The molecule has 5 heteroatoms. The van der Waals surface area contributed by atoms with E-state index in [1.54, 1.807) is 26.4 Å². The van der Waals surface area contributed by atoms with Gasteiger partial charge >= 0.3 is 0 Å². The van der Waals surface area contributed by atoms with E-state index in [1.165, 1.54) is 4.90 Å². The van der Waals surface area contributed by atoms with E-state index in [1.807, 2.05) is 48.3 Å². The molecule has 0 radical (unpaired) electrons. The topological polar surface area (TPSA) is 49.6 Å². The quantitative estimate of drug-likeness (QED) is 0.743. The molecule has 0 fully saturated rings. The van der Waals surface area contributed by atoms with E-state index < -0.39 is 0 Å². The zero-order chi connectivity index (χ0) is 16.4. The number of benzene rings is 1. The lowest BCUT2D eigenvalue weighted by Gasteiger charge is -2.17. The fourth-order valence-corrected chi connectivity index (χ4v) is 2.43. The minimum atomic E-state index is -0.0519. The fraction of sp³-hybridized carbons (Fsp3) is 0.222. The van der Waals surface area contributed by atoms with Gasteiger partial charge in [0.05, 0.1) is 12.1 Å². The van der Waals surface area contributed by atoms with Gasteiger partial charge in [0.1, 0.15) is 17.2 Å². The second-order valence-corrected chi connectivity index (χ2v) is 5.71. The van der Waals surface area contributed by atoms with Crippen molar-refractivity contribution in [2.45, 2.75) is 6.54 Å². The van der Waals surface area contributed by atoms with Crippen LogP contribution in [0.15, 0.2) is 53.1 Å². The molecule has 23 heavy (non-hydrogen) atoms. The van der Waals surface area contributed by atoms with Crippen LogP contribution in [0.4, 0.5) is 5.82 Å². The van der Waals surface area contributed by atoms with Gasteiger partial charge in [0.25, 0.3) is 5.91 Å². The van der Waals surface area contributed by atoms with Crippen LogP contribution in [0.25, 0.3) is 11.0 Å². The number of furan rings is 1. The second-order valence-electron chi connectivity index (χ2n) is 5.71. The first kappa shape index (κ1) is 15.1. The molecule has 3 aromatic rings. The van der Waals surface area contributed by atoms with E-state index in [2.05, 4.69) is 4.98 Å². The second kappa shape index (κ2) is 6.12. The highest BCUT2D eigenvalue weighted by molar-refractivity contribution is 5.93. The molecule has 0 aliphatic carbocycles. The van der Waals surface area contributed by atoms with Gasteiger partial charge in [-0.05, 0) is 24.3 Å². The number of carbonyl (C=O) groups is 1. The third kappa shape index (κ3) is 3.18. The molecule has 2 aromatic heterocycles. The highest BCUT2D eigenvalue weighted by atomic mass is 16.3. The first-order chi connectivity index (χ1) is 11.0. The molecule has 0 atom stereocenters. The van der Waals surface area contributed by atoms with Gasteiger partial charge < -0.3 is 14.2 Å². The van der Waals surface area contributed by atoms with Crippen molar-refractivity contribution in [1.82, 2.24) is 9.88 Å². The number of amides is 1.